The first kappa shape index (κ1) is 14.9. The zero-order chi connectivity index (χ0) is 16.7. The van der Waals surface area contributed by atoms with Crippen LogP contribution in [0.1, 0.15) is 12.8 Å². The standard InChI is InChI=1S/C20H22N4O/c1-2-4-15(5-3-1)16-6-7-18(21-12-16)23-19-22-13-20(25-19)14-24-10-8-17(20)9-11-24/h1-7,12,17H,8-11,13-14H2,(H,21,22,23)/t20-/m0/s1. The molecule has 128 valence electrons. The van der Waals surface area contributed by atoms with Crippen LogP contribution in [-0.4, -0.2) is 47.7 Å². The van der Waals surface area contributed by atoms with Crippen LogP contribution < -0.4 is 5.32 Å². The van der Waals surface area contributed by atoms with Gasteiger partial charge in [0.05, 0.1) is 6.54 Å². The van der Waals surface area contributed by atoms with Crippen molar-refractivity contribution in [1.29, 1.82) is 0 Å². The van der Waals surface area contributed by atoms with Crippen molar-refractivity contribution in [2.45, 2.75) is 18.4 Å². The average molecular weight is 334 g/mol. The molecule has 4 aliphatic heterocycles. The summed E-state index contributed by atoms with van der Waals surface area (Å²) < 4.78 is 6.30. The highest BCUT2D eigenvalue weighted by atomic mass is 16.5. The largest absolute Gasteiger partial charge is 0.455 e. The maximum absolute atomic E-state index is 6.30. The molecule has 1 spiro atoms. The van der Waals surface area contributed by atoms with Crippen molar-refractivity contribution >= 4 is 11.8 Å². The first-order chi connectivity index (χ1) is 12.3. The number of aliphatic imine (C=N–C) groups is 1. The van der Waals surface area contributed by atoms with Crippen LogP contribution in [0.25, 0.3) is 11.1 Å². The molecule has 0 amide bonds. The first-order valence-corrected chi connectivity index (χ1v) is 9.05. The van der Waals surface area contributed by atoms with Crippen molar-refractivity contribution in [1.82, 2.24) is 9.88 Å². The Morgan fingerprint density at radius 3 is 2.56 bits per heavy atom. The summed E-state index contributed by atoms with van der Waals surface area (Å²) in [4.78, 5) is 11.6. The van der Waals surface area contributed by atoms with Crippen molar-refractivity contribution in [3.63, 3.8) is 0 Å². The second kappa shape index (κ2) is 5.85. The Kier molecular flexibility index (Phi) is 3.48. The quantitative estimate of drug-likeness (QED) is 0.917. The molecule has 3 fully saturated rings. The van der Waals surface area contributed by atoms with E-state index in [-0.39, 0.29) is 5.60 Å². The van der Waals surface area contributed by atoms with Crippen molar-refractivity contribution in [3.8, 4) is 11.1 Å². The van der Waals surface area contributed by atoms with Crippen LogP contribution in [0.4, 0.5) is 5.82 Å². The van der Waals surface area contributed by atoms with Crippen LogP contribution in [-0.2, 0) is 4.74 Å². The lowest BCUT2D eigenvalue weighted by molar-refractivity contribution is -0.0829. The lowest BCUT2D eigenvalue weighted by Gasteiger charge is -2.50. The molecule has 0 radical (unpaired) electrons. The fourth-order valence-corrected chi connectivity index (χ4v) is 4.33. The number of benzene rings is 1. The van der Waals surface area contributed by atoms with Gasteiger partial charge in [-0.25, -0.2) is 9.98 Å². The molecule has 5 heterocycles. The molecule has 0 saturated carbocycles. The number of anilines is 1. The number of rotatable bonds is 2. The minimum atomic E-state index is -0.108. The first-order valence-electron chi connectivity index (χ1n) is 9.05. The van der Waals surface area contributed by atoms with Gasteiger partial charge in [0.1, 0.15) is 11.4 Å². The van der Waals surface area contributed by atoms with Crippen LogP contribution in [0.3, 0.4) is 0 Å². The molecule has 5 heteroatoms. The maximum atomic E-state index is 6.30. The Bertz CT molecular complexity index is 781. The van der Waals surface area contributed by atoms with Gasteiger partial charge >= 0.3 is 0 Å². The number of fused-ring (bicyclic) bond motifs is 2. The molecular formula is C20H22N4O. The van der Waals surface area contributed by atoms with Gasteiger partial charge in [-0.3, -0.25) is 10.2 Å². The summed E-state index contributed by atoms with van der Waals surface area (Å²) in [7, 11) is 0. The molecular weight excluding hydrogens is 312 g/mol. The van der Waals surface area contributed by atoms with Crippen LogP contribution >= 0.6 is 0 Å². The molecule has 1 aromatic heterocycles. The van der Waals surface area contributed by atoms with Crippen molar-refractivity contribution in [2.75, 3.05) is 31.5 Å². The molecule has 25 heavy (non-hydrogen) atoms. The predicted octanol–water partition coefficient (Wildman–Crippen LogP) is 3.01. The van der Waals surface area contributed by atoms with E-state index in [9.17, 15) is 0 Å². The Hall–Kier alpha value is -2.40. The van der Waals surface area contributed by atoms with Crippen molar-refractivity contribution in [3.05, 3.63) is 48.7 Å². The number of hydrogen-bond donors (Lipinski definition) is 1. The normalized spacial score (nSPS) is 30.2. The highest BCUT2D eigenvalue weighted by molar-refractivity contribution is 5.89. The average Bonchev–Trinajstić information content (AvgIpc) is 3.06. The van der Waals surface area contributed by atoms with Crippen molar-refractivity contribution in [2.24, 2.45) is 10.9 Å². The topological polar surface area (TPSA) is 49.8 Å². The third-order valence-corrected chi connectivity index (χ3v) is 5.72. The summed E-state index contributed by atoms with van der Waals surface area (Å²) in [6, 6.07) is 14.9. The summed E-state index contributed by atoms with van der Waals surface area (Å²) in [5, 5.41) is 3.25. The van der Waals surface area contributed by atoms with E-state index >= 15 is 0 Å². The number of hydrogen-bond acceptors (Lipinski definition) is 5. The van der Waals surface area contributed by atoms with E-state index in [1.165, 1.54) is 31.5 Å². The third-order valence-electron chi connectivity index (χ3n) is 5.72. The highest BCUT2D eigenvalue weighted by Crippen LogP contribution is 2.40. The highest BCUT2D eigenvalue weighted by Gasteiger charge is 2.51. The number of nitrogens with zero attached hydrogens (tertiary/aromatic N) is 3. The number of piperidine rings is 3. The second-order valence-electron chi connectivity index (χ2n) is 7.26. The van der Waals surface area contributed by atoms with E-state index in [2.05, 4.69) is 38.4 Å². The molecule has 6 rings (SSSR count). The van der Waals surface area contributed by atoms with Crippen LogP contribution in [0.5, 0.6) is 0 Å². The second-order valence-corrected chi connectivity index (χ2v) is 7.26. The predicted molar refractivity (Wildman–Crippen MR) is 98.6 cm³/mol. The fraction of sp³-hybridized carbons (Fsp3) is 0.400. The Morgan fingerprint density at radius 2 is 1.88 bits per heavy atom. The number of nitrogens with one attached hydrogen (secondary N) is 1. The molecule has 5 nitrogen and oxygen atoms in total. The molecule has 4 aliphatic rings. The molecule has 1 N–H and O–H groups in total. The van der Waals surface area contributed by atoms with Gasteiger partial charge < -0.3 is 4.74 Å². The minimum absolute atomic E-state index is 0.108. The maximum Gasteiger partial charge on any atom is 0.291 e. The Labute approximate surface area is 147 Å². The molecule has 1 aromatic carbocycles. The van der Waals surface area contributed by atoms with E-state index in [4.69, 9.17) is 4.74 Å². The fourth-order valence-electron chi connectivity index (χ4n) is 4.33. The SMILES string of the molecule is c1ccc(-c2ccc(NC3=NC[C@@]4(CN5CCC4CC5)O3)nc2)cc1. The van der Waals surface area contributed by atoms with Crippen LogP contribution in [0, 0.1) is 5.92 Å². The number of pyridine rings is 1. The van der Waals surface area contributed by atoms with E-state index in [0.717, 1.165) is 24.5 Å². The summed E-state index contributed by atoms with van der Waals surface area (Å²) in [6.45, 7) is 4.19. The number of amidine groups is 1. The van der Waals surface area contributed by atoms with Gasteiger partial charge in [0.2, 0.25) is 0 Å². The molecule has 0 unspecified atom stereocenters. The zero-order valence-electron chi connectivity index (χ0n) is 14.2. The van der Waals surface area contributed by atoms with Crippen molar-refractivity contribution < 1.29 is 4.74 Å². The third kappa shape index (κ3) is 2.68. The summed E-state index contributed by atoms with van der Waals surface area (Å²) >= 11 is 0. The van der Waals surface area contributed by atoms with Gasteiger partial charge in [-0.1, -0.05) is 30.3 Å². The number of ether oxygens (including phenoxy) is 1. The Morgan fingerprint density at radius 1 is 1.04 bits per heavy atom. The van der Waals surface area contributed by atoms with Gasteiger partial charge in [-0.15, -0.1) is 0 Å². The Balaban J connectivity index is 1.27. The molecule has 2 aromatic rings. The number of aromatic nitrogens is 1. The van der Waals surface area contributed by atoms with E-state index in [1.807, 2.05) is 30.5 Å². The molecule has 2 bridgehead atoms. The van der Waals surface area contributed by atoms with Gasteiger partial charge in [0.25, 0.3) is 6.02 Å². The van der Waals surface area contributed by atoms with Gasteiger partial charge in [-0.05, 0) is 43.6 Å². The van der Waals surface area contributed by atoms with Crippen LogP contribution in [0.2, 0.25) is 0 Å². The molecule has 0 aliphatic carbocycles. The summed E-state index contributed by atoms with van der Waals surface area (Å²) in [5.41, 5.74) is 2.17. The van der Waals surface area contributed by atoms with E-state index < -0.39 is 0 Å². The lowest BCUT2D eigenvalue weighted by atomic mass is 9.75. The van der Waals surface area contributed by atoms with Crippen LogP contribution in [0.15, 0.2) is 53.7 Å². The molecule has 1 atom stereocenters. The summed E-state index contributed by atoms with van der Waals surface area (Å²) in [6.07, 6.45) is 4.34. The van der Waals surface area contributed by atoms with E-state index in [1.54, 1.807) is 0 Å². The lowest BCUT2D eigenvalue weighted by Crippen LogP contribution is -2.61. The smallest absolute Gasteiger partial charge is 0.291 e. The molecule has 3 saturated heterocycles. The minimum Gasteiger partial charge on any atom is -0.455 e. The zero-order valence-corrected chi connectivity index (χ0v) is 14.2. The summed E-state index contributed by atoms with van der Waals surface area (Å²) in [5.74, 6) is 1.41. The van der Waals surface area contributed by atoms with E-state index in [0.29, 0.717) is 11.9 Å². The van der Waals surface area contributed by atoms with Gasteiger partial charge in [-0.2, -0.15) is 0 Å². The monoisotopic (exact) mass is 334 g/mol. The van der Waals surface area contributed by atoms with Gasteiger partial charge in [0, 0.05) is 24.2 Å². The van der Waals surface area contributed by atoms with Gasteiger partial charge in [0.15, 0.2) is 0 Å².